The number of oxime groups is 1. The Balaban J connectivity index is 2.25. The fourth-order valence-corrected chi connectivity index (χ4v) is 2.87. The minimum Gasteiger partial charge on any atom is -0.399 e. The number of hydrogen-bond acceptors (Lipinski definition) is 4. The second-order valence-electron chi connectivity index (χ2n) is 3.15. The maximum absolute atomic E-state index is 4.85. The average molecular weight is 198 g/mol. The van der Waals surface area contributed by atoms with E-state index in [9.17, 15) is 0 Å². The molecule has 0 fully saturated rings. The third-order valence-corrected chi connectivity index (χ3v) is 3.54. The van der Waals surface area contributed by atoms with Crippen LogP contribution in [0.3, 0.4) is 0 Å². The summed E-state index contributed by atoms with van der Waals surface area (Å²) in [4.78, 5) is 6.36. The first kappa shape index (κ1) is 9.09. The van der Waals surface area contributed by atoms with E-state index in [1.807, 2.05) is 11.8 Å². The van der Waals surface area contributed by atoms with Crippen molar-refractivity contribution in [3.63, 3.8) is 0 Å². The molecule has 0 amide bonds. The van der Waals surface area contributed by atoms with Gasteiger partial charge in [-0.3, -0.25) is 0 Å². The van der Waals surface area contributed by atoms with Gasteiger partial charge in [0.1, 0.15) is 7.11 Å². The highest BCUT2D eigenvalue weighted by Crippen LogP contribution is 2.32. The molecule has 0 aromatic carbocycles. The molecule has 0 aromatic heterocycles. The number of nitrogens with zero attached hydrogens (tertiary/aromatic N) is 1. The highest BCUT2D eigenvalue weighted by Gasteiger charge is 2.21. The van der Waals surface area contributed by atoms with Crippen molar-refractivity contribution in [2.45, 2.75) is 12.8 Å². The third kappa shape index (κ3) is 1.89. The molecule has 0 radical (unpaired) electrons. The van der Waals surface area contributed by atoms with Gasteiger partial charge in [0.2, 0.25) is 0 Å². The van der Waals surface area contributed by atoms with E-state index in [2.05, 4.69) is 10.5 Å². The molecular formula is C9H14N2OS. The van der Waals surface area contributed by atoms with Crippen LogP contribution < -0.4 is 5.32 Å². The van der Waals surface area contributed by atoms with Gasteiger partial charge in [0.15, 0.2) is 0 Å². The smallest absolute Gasteiger partial charge is 0.106 e. The largest absolute Gasteiger partial charge is 0.399 e. The van der Waals surface area contributed by atoms with E-state index in [1.54, 1.807) is 7.11 Å². The molecule has 2 aliphatic heterocycles. The average Bonchev–Trinajstić information content (AvgIpc) is 2.19. The van der Waals surface area contributed by atoms with Crippen molar-refractivity contribution >= 4 is 17.5 Å². The Morgan fingerprint density at radius 3 is 3.23 bits per heavy atom. The summed E-state index contributed by atoms with van der Waals surface area (Å²) in [5.74, 6) is 1.15. The Kier molecular flexibility index (Phi) is 2.90. The zero-order valence-corrected chi connectivity index (χ0v) is 8.62. The topological polar surface area (TPSA) is 33.6 Å². The van der Waals surface area contributed by atoms with Gasteiger partial charge in [-0.25, -0.2) is 0 Å². The molecule has 0 saturated carbocycles. The van der Waals surface area contributed by atoms with Gasteiger partial charge < -0.3 is 10.2 Å². The predicted molar refractivity (Wildman–Crippen MR) is 56.0 cm³/mol. The molecule has 2 aliphatic rings. The van der Waals surface area contributed by atoms with Crippen LogP contribution in [0.15, 0.2) is 15.6 Å². The fourth-order valence-electron chi connectivity index (χ4n) is 1.72. The zero-order valence-electron chi connectivity index (χ0n) is 7.80. The van der Waals surface area contributed by atoms with Gasteiger partial charge in [0, 0.05) is 30.8 Å². The van der Waals surface area contributed by atoms with Gasteiger partial charge in [-0.2, -0.15) is 0 Å². The minimum atomic E-state index is 0.963. The molecular weight excluding hydrogens is 184 g/mol. The molecule has 4 heteroatoms. The van der Waals surface area contributed by atoms with Crippen molar-refractivity contribution in [2.75, 3.05) is 26.0 Å². The Morgan fingerprint density at radius 1 is 1.46 bits per heavy atom. The minimum absolute atomic E-state index is 0.963. The first-order valence-electron chi connectivity index (χ1n) is 4.57. The normalized spacial score (nSPS) is 26.1. The van der Waals surface area contributed by atoms with Gasteiger partial charge in [-0.05, 0) is 11.3 Å². The van der Waals surface area contributed by atoms with Crippen LogP contribution >= 0.6 is 11.8 Å². The zero-order chi connectivity index (χ0) is 9.10. The molecule has 0 spiro atoms. The first-order chi connectivity index (χ1) is 6.42. The van der Waals surface area contributed by atoms with E-state index in [0.717, 1.165) is 37.4 Å². The highest BCUT2D eigenvalue weighted by molar-refractivity contribution is 8.03. The summed E-state index contributed by atoms with van der Waals surface area (Å²) in [6.07, 6.45) is 2.20. The van der Waals surface area contributed by atoms with Gasteiger partial charge >= 0.3 is 0 Å². The van der Waals surface area contributed by atoms with Crippen molar-refractivity contribution in [3.8, 4) is 0 Å². The molecule has 0 unspecified atom stereocenters. The predicted octanol–water partition coefficient (Wildman–Crippen LogP) is 1.37. The second-order valence-corrected chi connectivity index (χ2v) is 4.34. The third-order valence-electron chi connectivity index (χ3n) is 2.33. The molecule has 1 N–H and O–H groups in total. The molecule has 13 heavy (non-hydrogen) atoms. The van der Waals surface area contributed by atoms with Gasteiger partial charge in [-0.15, -0.1) is 11.8 Å². The fraction of sp³-hybridized carbons (Fsp3) is 0.667. The van der Waals surface area contributed by atoms with Crippen LogP contribution in [0.25, 0.3) is 0 Å². The van der Waals surface area contributed by atoms with Gasteiger partial charge in [0.25, 0.3) is 0 Å². The summed E-state index contributed by atoms with van der Waals surface area (Å²) in [5.41, 5.74) is 2.52. The summed E-state index contributed by atoms with van der Waals surface area (Å²) < 4.78 is 0. The highest BCUT2D eigenvalue weighted by atomic mass is 32.2. The van der Waals surface area contributed by atoms with Crippen LogP contribution in [0.1, 0.15) is 12.8 Å². The Labute approximate surface area is 82.6 Å². The second kappa shape index (κ2) is 4.15. The van der Waals surface area contributed by atoms with Crippen LogP contribution in [0, 0.1) is 0 Å². The standard InChI is InChI=1S/C9H14N2OS/c1-12-11-8-3-5-13-9-2-4-10-6-7(8)9/h10H,2-6H2,1H3/b11-8+. The maximum atomic E-state index is 4.85. The number of thioether (sulfide) groups is 1. The first-order valence-corrected chi connectivity index (χ1v) is 5.56. The van der Waals surface area contributed by atoms with Gasteiger partial charge in [0.05, 0.1) is 5.71 Å². The lowest BCUT2D eigenvalue weighted by molar-refractivity contribution is 0.212. The van der Waals surface area contributed by atoms with Crippen LogP contribution in [-0.4, -0.2) is 31.7 Å². The summed E-state index contributed by atoms with van der Waals surface area (Å²) >= 11 is 1.98. The molecule has 72 valence electrons. The molecule has 0 aromatic rings. The Hall–Kier alpha value is -0.480. The van der Waals surface area contributed by atoms with E-state index >= 15 is 0 Å². The summed E-state index contributed by atoms with van der Waals surface area (Å²) in [6.45, 7) is 2.07. The summed E-state index contributed by atoms with van der Waals surface area (Å²) in [5, 5.41) is 7.44. The molecule has 3 nitrogen and oxygen atoms in total. The number of rotatable bonds is 1. The van der Waals surface area contributed by atoms with Gasteiger partial charge in [-0.1, -0.05) is 5.16 Å². The lowest BCUT2D eigenvalue weighted by Gasteiger charge is -2.25. The van der Waals surface area contributed by atoms with E-state index in [4.69, 9.17) is 4.84 Å². The quantitative estimate of drug-likeness (QED) is 0.646. The lowest BCUT2D eigenvalue weighted by atomic mass is 10.0. The molecule has 0 atom stereocenters. The van der Waals surface area contributed by atoms with Crippen LogP contribution in [0.5, 0.6) is 0 Å². The van der Waals surface area contributed by atoms with E-state index in [1.165, 1.54) is 10.5 Å². The SMILES string of the molecule is CO/N=C1\CCSC2=C1CNCC2. The number of nitrogens with one attached hydrogen (secondary N) is 1. The summed E-state index contributed by atoms with van der Waals surface area (Å²) in [6, 6.07) is 0. The van der Waals surface area contributed by atoms with E-state index in [0.29, 0.717) is 0 Å². The molecule has 0 aliphatic carbocycles. The maximum Gasteiger partial charge on any atom is 0.106 e. The van der Waals surface area contributed by atoms with Crippen LogP contribution in [0.4, 0.5) is 0 Å². The molecule has 2 rings (SSSR count). The summed E-state index contributed by atoms with van der Waals surface area (Å²) in [7, 11) is 1.62. The Bertz CT molecular complexity index is 256. The van der Waals surface area contributed by atoms with Crippen molar-refractivity contribution < 1.29 is 4.84 Å². The van der Waals surface area contributed by atoms with E-state index in [-0.39, 0.29) is 0 Å². The Morgan fingerprint density at radius 2 is 2.38 bits per heavy atom. The van der Waals surface area contributed by atoms with E-state index < -0.39 is 0 Å². The van der Waals surface area contributed by atoms with Crippen molar-refractivity contribution in [2.24, 2.45) is 5.16 Å². The van der Waals surface area contributed by atoms with Crippen molar-refractivity contribution in [1.29, 1.82) is 0 Å². The van der Waals surface area contributed by atoms with Crippen molar-refractivity contribution in [1.82, 2.24) is 5.32 Å². The monoisotopic (exact) mass is 198 g/mol. The number of hydrogen-bond donors (Lipinski definition) is 1. The molecule has 0 bridgehead atoms. The lowest BCUT2D eigenvalue weighted by Crippen LogP contribution is -2.30. The molecule has 2 heterocycles. The molecule has 0 saturated heterocycles. The van der Waals surface area contributed by atoms with Crippen molar-refractivity contribution in [3.05, 3.63) is 10.5 Å². The van der Waals surface area contributed by atoms with Crippen LogP contribution in [0.2, 0.25) is 0 Å². The van der Waals surface area contributed by atoms with Crippen LogP contribution in [-0.2, 0) is 4.84 Å².